The molecule has 0 saturated carbocycles. The maximum Gasteiger partial charge on any atom is 0.298 e. The molecule has 2 rings (SSSR count). The largest absolute Gasteiger partial charge is 0.423 e. The van der Waals surface area contributed by atoms with E-state index < -0.39 is 4.92 Å². The standard InChI is InChI=1S/C12H15N3O3/c1-4-12(2,3)14-11-13-10-8(15(16)17)6-5-7-9(10)18-11/h5-7H,4H2,1-3H3,(H,13,14). The summed E-state index contributed by atoms with van der Waals surface area (Å²) in [7, 11) is 0. The lowest BCUT2D eigenvalue weighted by Crippen LogP contribution is -2.29. The van der Waals surface area contributed by atoms with Crippen LogP contribution in [-0.2, 0) is 0 Å². The van der Waals surface area contributed by atoms with Crippen molar-refractivity contribution < 1.29 is 9.34 Å². The van der Waals surface area contributed by atoms with Gasteiger partial charge >= 0.3 is 0 Å². The second kappa shape index (κ2) is 4.29. The summed E-state index contributed by atoms with van der Waals surface area (Å²) < 4.78 is 5.47. The zero-order valence-electron chi connectivity index (χ0n) is 10.6. The minimum Gasteiger partial charge on any atom is -0.423 e. The Labute approximate surface area is 104 Å². The van der Waals surface area contributed by atoms with E-state index in [1.54, 1.807) is 12.1 Å². The number of nitrogens with zero attached hydrogens (tertiary/aromatic N) is 2. The van der Waals surface area contributed by atoms with Gasteiger partial charge in [0.25, 0.3) is 11.7 Å². The van der Waals surface area contributed by atoms with E-state index in [1.807, 2.05) is 20.8 Å². The number of benzene rings is 1. The fraction of sp³-hybridized carbons (Fsp3) is 0.417. The predicted octanol–water partition coefficient (Wildman–Crippen LogP) is 3.34. The maximum absolute atomic E-state index is 10.9. The van der Waals surface area contributed by atoms with Crippen LogP contribution in [0.1, 0.15) is 27.2 Å². The molecule has 0 radical (unpaired) electrons. The molecular formula is C12H15N3O3. The van der Waals surface area contributed by atoms with E-state index in [4.69, 9.17) is 4.42 Å². The van der Waals surface area contributed by atoms with Crippen molar-refractivity contribution in [2.75, 3.05) is 5.32 Å². The van der Waals surface area contributed by atoms with Crippen molar-refractivity contribution in [1.29, 1.82) is 0 Å². The summed E-state index contributed by atoms with van der Waals surface area (Å²) in [4.78, 5) is 14.6. The number of non-ortho nitro benzene ring substituents is 1. The molecule has 1 aromatic carbocycles. The highest BCUT2D eigenvalue weighted by Crippen LogP contribution is 2.28. The van der Waals surface area contributed by atoms with Crippen molar-refractivity contribution in [3.8, 4) is 0 Å². The molecule has 0 atom stereocenters. The van der Waals surface area contributed by atoms with Gasteiger partial charge in [-0.3, -0.25) is 10.1 Å². The number of anilines is 1. The van der Waals surface area contributed by atoms with Gasteiger partial charge in [0.15, 0.2) is 11.1 Å². The van der Waals surface area contributed by atoms with E-state index in [2.05, 4.69) is 10.3 Å². The molecule has 1 N–H and O–H groups in total. The highest BCUT2D eigenvalue weighted by Gasteiger charge is 2.21. The van der Waals surface area contributed by atoms with Crippen molar-refractivity contribution in [3.05, 3.63) is 28.3 Å². The summed E-state index contributed by atoms with van der Waals surface area (Å²) >= 11 is 0. The lowest BCUT2D eigenvalue weighted by molar-refractivity contribution is -0.383. The number of hydrogen-bond donors (Lipinski definition) is 1. The molecule has 0 unspecified atom stereocenters. The average molecular weight is 249 g/mol. The third-order valence-corrected chi connectivity index (χ3v) is 2.92. The van der Waals surface area contributed by atoms with E-state index >= 15 is 0 Å². The average Bonchev–Trinajstić information content (AvgIpc) is 2.69. The molecular weight excluding hydrogens is 234 g/mol. The molecule has 96 valence electrons. The second-order valence-electron chi connectivity index (χ2n) is 4.76. The van der Waals surface area contributed by atoms with Gasteiger partial charge in [0.1, 0.15) is 0 Å². The molecule has 0 bridgehead atoms. The van der Waals surface area contributed by atoms with E-state index in [0.717, 1.165) is 6.42 Å². The first-order valence-electron chi connectivity index (χ1n) is 5.75. The quantitative estimate of drug-likeness (QED) is 0.663. The van der Waals surface area contributed by atoms with Crippen molar-refractivity contribution in [1.82, 2.24) is 4.98 Å². The molecule has 18 heavy (non-hydrogen) atoms. The Morgan fingerprint density at radius 1 is 1.50 bits per heavy atom. The van der Waals surface area contributed by atoms with Gasteiger partial charge in [-0.15, -0.1) is 0 Å². The molecule has 0 spiro atoms. The van der Waals surface area contributed by atoms with Crippen LogP contribution in [0.3, 0.4) is 0 Å². The Bertz CT molecular complexity index is 589. The summed E-state index contributed by atoms with van der Waals surface area (Å²) in [5, 5.41) is 14.0. The van der Waals surface area contributed by atoms with Gasteiger partial charge in [-0.2, -0.15) is 4.98 Å². The summed E-state index contributed by atoms with van der Waals surface area (Å²) in [6.07, 6.45) is 0.883. The minimum atomic E-state index is -0.459. The maximum atomic E-state index is 10.9. The van der Waals surface area contributed by atoms with Crippen LogP contribution in [0.15, 0.2) is 22.6 Å². The lowest BCUT2D eigenvalue weighted by atomic mass is 10.0. The Morgan fingerprint density at radius 2 is 2.22 bits per heavy atom. The van der Waals surface area contributed by atoms with E-state index in [1.165, 1.54) is 6.07 Å². The van der Waals surface area contributed by atoms with Gasteiger partial charge < -0.3 is 9.73 Å². The van der Waals surface area contributed by atoms with E-state index in [0.29, 0.717) is 11.6 Å². The summed E-state index contributed by atoms with van der Waals surface area (Å²) in [5.41, 5.74) is 0.476. The highest BCUT2D eigenvalue weighted by atomic mass is 16.6. The highest BCUT2D eigenvalue weighted by molar-refractivity contribution is 5.84. The monoisotopic (exact) mass is 249 g/mol. The molecule has 0 amide bonds. The summed E-state index contributed by atoms with van der Waals surface area (Å²) in [6.45, 7) is 6.06. The van der Waals surface area contributed by atoms with Crippen molar-refractivity contribution in [3.63, 3.8) is 0 Å². The number of aromatic nitrogens is 1. The van der Waals surface area contributed by atoms with Crippen LogP contribution in [0, 0.1) is 10.1 Å². The van der Waals surface area contributed by atoms with Gasteiger partial charge in [0.05, 0.1) is 4.92 Å². The molecule has 2 aromatic rings. The van der Waals surface area contributed by atoms with Crippen LogP contribution >= 0.6 is 0 Å². The number of fused-ring (bicyclic) bond motifs is 1. The molecule has 1 heterocycles. The van der Waals surface area contributed by atoms with Crippen LogP contribution in [0.2, 0.25) is 0 Å². The van der Waals surface area contributed by atoms with Crippen LogP contribution < -0.4 is 5.32 Å². The van der Waals surface area contributed by atoms with Gasteiger partial charge in [-0.05, 0) is 26.3 Å². The van der Waals surface area contributed by atoms with Crippen molar-refractivity contribution in [2.45, 2.75) is 32.7 Å². The normalized spacial score (nSPS) is 11.7. The zero-order chi connectivity index (χ0) is 13.3. The zero-order valence-corrected chi connectivity index (χ0v) is 10.6. The van der Waals surface area contributed by atoms with Crippen LogP contribution in [0.25, 0.3) is 11.1 Å². The van der Waals surface area contributed by atoms with Gasteiger partial charge in [-0.25, -0.2) is 0 Å². The molecule has 0 aliphatic carbocycles. The van der Waals surface area contributed by atoms with E-state index in [9.17, 15) is 10.1 Å². The Balaban J connectivity index is 2.45. The first-order valence-corrected chi connectivity index (χ1v) is 5.75. The number of hydrogen-bond acceptors (Lipinski definition) is 5. The molecule has 6 heteroatoms. The predicted molar refractivity (Wildman–Crippen MR) is 68.7 cm³/mol. The van der Waals surface area contributed by atoms with Crippen LogP contribution in [0.4, 0.5) is 11.7 Å². The van der Waals surface area contributed by atoms with Crippen molar-refractivity contribution in [2.24, 2.45) is 0 Å². The number of oxazole rings is 1. The first kappa shape index (κ1) is 12.3. The number of nitrogens with one attached hydrogen (secondary N) is 1. The molecule has 0 aliphatic heterocycles. The van der Waals surface area contributed by atoms with Gasteiger partial charge in [-0.1, -0.05) is 13.0 Å². The lowest BCUT2D eigenvalue weighted by Gasteiger charge is -2.22. The molecule has 6 nitrogen and oxygen atoms in total. The van der Waals surface area contributed by atoms with E-state index in [-0.39, 0.29) is 16.7 Å². The summed E-state index contributed by atoms with van der Waals surface area (Å²) in [5.74, 6) is 0. The molecule has 0 fully saturated rings. The number of para-hydroxylation sites is 1. The Kier molecular flexibility index (Phi) is 2.94. The van der Waals surface area contributed by atoms with Crippen molar-refractivity contribution >= 4 is 22.8 Å². The van der Waals surface area contributed by atoms with Crippen LogP contribution in [0.5, 0.6) is 0 Å². The number of nitro groups is 1. The fourth-order valence-corrected chi connectivity index (χ4v) is 1.51. The molecule has 1 aromatic heterocycles. The second-order valence-corrected chi connectivity index (χ2v) is 4.76. The number of rotatable bonds is 4. The smallest absolute Gasteiger partial charge is 0.298 e. The summed E-state index contributed by atoms with van der Waals surface area (Å²) in [6, 6.07) is 4.98. The Hall–Kier alpha value is -2.11. The topological polar surface area (TPSA) is 81.2 Å². The minimum absolute atomic E-state index is 0.0430. The number of nitro benzene ring substituents is 1. The SMILES string of the molecule is CCC(C)(C)Nc1nc2c([N+](=O)[O-])cccc2o1. The first-order chi connectivity index (χ1) is 8.43. The fourth-order valence-electron chi connectivity index (χ4n) is 1.51. The molecule has 0 aliphatic rings. The van der Waals surface area contributed by atoms with Gasteiger partial charge in [0, 0.05) is 11.6 Å². The third kappa shape index (κ3) is 2.27. The Morgan fingerprint density at radius 3 is 2.83 bits per heavy atom. The van der Waals surface area contributed by atoms with Crippen LogP contribution in [-0.4, -0.2) is 15.4 Å². The molecule has 0 saturated heterocycles. The van der Waals surface area contributed by atoms with Gasteiger partial charge in [0.2, 0.25) is 0 Å². The third-order valence-electron chi connectivity index (χ3n) is 2.92.